The highest BCUT2D eigenvalue weighted by molar-refractivity contribution is 8.26. The first-order valence-electron chi connectivity index (χ1n) is 12.4. The Balaban J connectivity index is 1.75. The van der Waals surface area contributed by atoms with Gasteiger partial charge in [0, 0.05) is 38.3 Å². The van der Waals surface area contributed by atoms with Crippen LogP contribution >= 0.6 is 24.0 Å². The van der Waals surface area contributed by atoms with Crippen LogP contribution in [0.25, 0.3) is 6.08 Å². The Labute approximate surface area is 227 Å². The molecule has 2 fully saturated rings. The number of nitriles is 1. The van der Waals surface area contributed by atoms with E-state index in [4.69, 9.17) is 17.0 Å². The predicted octanol–water partition coefficient (Wildman–Crippen LogP) is 3.60. The van der Waals surface area contributed by atoms with Gasteiger partial charge in [-0.05, 0) is 49.7 Å². The number of aromatic nitrogens is 1. The third kappa shape index (κ3) is 5.30. The maximum atomic E-state index is 13.5. The van der Waals surface area contributed by atoms with Gasteiger partial charge < -0.3 is 14.5 Å². The number of hydrogen-bond acceptors (Lipinski definition) is 8. The topological polar surface area (TPSA) is 81.8 Å². The van der Waals surface area contributed by atoms with Gasteiger partial charge in [0.1, 0.15) is 27.5 Å². The number of amides is 1. The third-order valence-electron chi connectivity index (χ3n) is 6.93. The maximum Gasteiger partial charge on any atom is 0.270 e. The van der Waals surface area contributed by atoms with Gasteiger partial charge in [-0.2, -0.15) is 5.26 Å². The number of nitrogens with zero attached hydrogens (tertiary/aromatic N) is 5. The lowest BCUT2D eigenvalue weighted by Crippen LogP contribution is -2.48. The number of ether oxygens (including phenoxy) is 1. The van der Waals surface area contributed by atoms with Crippen LogP contribution in [-0.4, -0.2) is 64.4 Å². The molecule has 0 aliphatic carbocycles. The average molecular weight is 538 g/mol. The Morgan fingerprint density at radius 2 is 1.78 bits per heavy atom. The number of pyridine rings is 1. The van der Waals surface area contributed by atoms with E-state index in [9.17, 15) is 14.9 Å². The molecule has 37 heavy (non-hydrogen) atoms. The van der Waals surface area contributed by atoms with Gasteiger partial charge >= 0.3 is 0 Å². The zero-order valence-corrected chi connectivity index (χ0v) is 23.2. The highest BCUT2D eigenvalue weighted by Gasteiger charge is 2.33. The van der Waals surface area contributed by atoms with E-state index in [-0.39, 0.29) is 17.0 Å². The standard InChI is InChI=1S/C27H31N5O3S2/c1-5-29-11-13-30(14-12-29)24-21(18(3)22(16-28)25(33)31(24)6-2)15-23-26(34)32(27(36)37-23)17-19-7-9-20(35-4)10-8-19/h7-10,15H,5-6,11-14,17H2,1-4H3. The Morgan fingerprint density at radius 3 is 2.35 bits per heavy atom. The van der Waals surface area contributed by atoms with Crippen molar-refractivity contribution in [3.05, 3.63) is 61.8 Å². The van der Waals surface area contributed by atoms with Crippen molar-refractivity contribution in [2.45, 2.75) is 33.9 Å². The fourth-order valence-corrected chi connectivity index (χ4v) is 5.97. The monoisotopic (exact) mass is 537 g/mol. The van der Waals surface area contributed by atoms with E-state index in [2.05, 4.69) is 22.8 Å². The van der Waals surface area contributed by atoms with Gasteiger partial charge in [0.05, 0.1) is 18.6 Å². The molecule has 1 aromatic heterocycles. The second kappa shape index (κ2) is 11.5. The van der Waals surface area contributed by atoms with Gasteiger partial charge in [-0.25, -0.2) is 0 Å². The van der Waals surface area contributed by atoms with Gasteiger partial charge in [-0.15, -0.1) is 0 Å². The second-order valence-corrected chi connectivity index (χ2v) is 10.6. The zero-order chi connectivity index (χ0) is 26.7. The summed E-state index contributed by atoms with van der Waals surface area (Å²) in [5.74, 6) is 1.33. The van der Waals surface area contributed by atoms with Gasteiger partial charge in [0.25, 0.3) is 11.5 Å². The van der Waals surface area contributed by atoms with Crippen molar-refractivity contribution in [1.29, 1.82) is 5.26 Å². The molecule has 8 nitrogen and oxygen atoms in total. The number of carbonyl (C=O) groups is 1. The van der Waals surface area contributed by atoms with Crippen LogP contribution in [0.15, 0.2) is 34.0 Å². The first kappa shape index (κ1) is 26.9. The number of carbonyl (C=O) groups excluding carboxylic acids is 1. The van der Waals surface area contributed by atoms with Crippen LogP contribution < -0.4 is 15.2 Å². The van der Waals surface area contributed by atoms with Crippen LogP contribution in [0.1, 0.15) is 36.1 Å². The minimum atomic E-state index is -0.292. The highest BCUT2D eigenvalue weighted by Crippen LogP contribution is 2.37. The van der Waals surface area contributed by atoms with E-state index in [0.29, 0.717) is 27.9 Å². The smallest absolute Gasteiger partial charge is 0.270 e. The molecule has 2 aliphatic rings. The predicted molar refractivity (Wildman–Crippen MR) is 152 cm³/mol. The molecule has 0 unspecified atom stereocenters. The largest absolute Gasteiger partial charge is 0.497 e. The molecule has 0 N–H and O–H groups in total. The number of rotatable bonds is 7. The molecule has 0 saturated carbocycles. The summed E-state index contributed by atoms with van der Waals surface area (Å²) in [6.45, 7) is 10.9. The lowest BCUT2D eigenvalue weighted by Gasteiger charge is -2.37. The summed E-state index contributed by atoms with van der Waals surface area (Å²) >= 11 is 6.82. The van der Waals surface area contributed by atoms with Crippen LogP contribution in [0.4, 0.5) is 5.82 Å². The van der Waals surface area contributed by atoms with Crippen molar-refractivity contribution in [3.8, 4) is 11.8 Å². The van der Waals surface area contributed by atoms with Gasteiger partial charge in [-0.1, -0.05) is 43.0 Å². The molecule has 2 aromatic rings. The highest BCUT2D eigenvalue weighted by atomic mass is 32.2. The Bertz CT molecular complexity index is 1340. The molecular weight excluding hydrogens is 506 g/mol. The van der Waals surface area contributed by atoms with E-state index >= 15 is 0 Å². The van der Waals surface area contributed by atoms with E-state index in [1.165, 1.54) is 11.8 Å². The Morgan fingerprint density at radius 1 is 1.11 bits per heavy atom. The Kier molecular flexibility index (Phi) is 8.37. The number of thiocarbonyl (C=S) groups is 1. The summed E-state index contributed by atoms with van der Waals surface area (Å²) in [5.41, 5.74) is 2.08. The van der Waals surface area contributed by atoms with Crippen molar-refractivity contribution in [1.82, 2.24) is 14.4 Å². The summed E-state index contributed by atoms with van der Waals surface area (Å²) < 4.78 is 7.36. The molecule has 0 spiro atoms. The minimum Gasteiger partial charge on any atom is -0.497 e. The first-order valence-corrected chi connectivity index (χ1v) is 13.6. The van der Waals surface area contributed by atoms with Crippen LogP contribution in [0.3, 0.4) is 0 Å². The molecule has 194 valence electrons. The van der Waals surface area contributed by atoms with Crippen LogP contribution in [0.2, 0.25) is 0 Å². The second-order valence-electron chi connectivity index (χ2n) is 8.94. The SMILES string of the molecule is CCN1CCN(c2c(C=C3SC(=S)N(Cc4ccc(OC)cc4)C3=O)c(C)c(C#N)c(=O)n2CC)CC1. The number of likely N-dealkylation sites (N-methyl/N-ethyl adjacent to an activating group) is 1. The van der Waals surface area contributed by atoms with E-state index in [1.54, 1.807) is 23.5 Å². The molecule has 0 radical (unpaired) electrons. The molecule has 0 atom stereocenters. The number of anilines is 1. The van der Waals surface area contributed by atoms with Gasteiger partial charge in [0.15, 0.2) is 0 Å². The Hall–Kier alpha value is -3.13. The lowest BCUT2D eigenvalue weighted by atomic mass is 10.0. The summed E-state index contributed by atoms with van der Waals surface area (Å²) in [4.78, 5) is 33.3. The zero-order valence-electron chi connectivity index (χ0n) is 21.6. The van der Waals surface area contributed by atoms with Crippen LogP contribution in [0, 0.1) is 18.3 Å². The average Bonchev–Trinajstić information content (AvgIpc) is 3.18. The number of methoxy groups -OCH3 is 1. The lowest BCUT2D eigenvalue weighted by molar-refractivity contribution is -0.122. The van der Waals surface area contributed by atoms with Crippen LogP contribution in [-0.2, 0) is 17.9 Å². The molecule has 1 amide bonds. The van der Waals surface area contributed by atoms with E-state index < -0.39 is 0 Å². The molecule has 0 bridgehead atoms. The number of benzene rings is 1. The third-order valence-corrected chi connectivity index (χ3v) is 8.31. The van der Waals surface area contributed by atoms with Crippen molar-refractivity contribution in [3.63, 3.8) is 0 Å². The van der Waals surface area contributed by atoms with Crippen molar-refractivity contribution in [2.75, 3.05) is 44.7 Å². The fourth-order valence-electron chi connectivity index (χ4n) is 4.74. The first-order chi connectivity index (χ1) is 17.8. The maximum absolute atomic E-state index is 13.5. The fraction of sp³-hybridized carbons (Fsp3) is 0.407. The summed E-state index contributed by atoms with van der Waals surface area (Å²) in [5, 5.41) is 9.80. The molecular formula is C27H31N5O3S2. The summed E-state index contributed by atoms with van der Waals surface area (Å²) in [6.07, 6.45) is 1.82. The minimum absolute atomic E-state index is 0.109. The number of hydrogen-bond donors (Lipinski definition) is 0. The van der Waals surface area contributed by atoms with Gasteiger partial charge in [-0.3, -0.25) is 19.1 Å². The molecule has 4 rings (SSSR count). The van der Waals surface area contributed by atoms with Crippen molar-refractivity contribution >= 4 is 46.1 Å². The molecule has 1 aromatic carbocycles. The van der Waals surface area contributed by atoms with Crippen molar-refractivity contribution in [2.24, 2.45) is 0 Å². The summed E-state index contributed by atoms with van der Waals surface area (Å²) in [7, 11) is 1.61. The number of thioether (sulfide) groups is 1. The quantitative estimate of drug-likeness (QED) is 0.392. The normalized spacial score (nSPS) is 17.5. The molecule has 10 heteroatoms. The summed E-state index contributed by atoms with van der Waals surface area (Å²) in [6, 6.07) is 9.63. The van der Waals surface area contributed by atoms with Gasteiger partial charge in [0.2, 0.25) is 0 Å². The molecule has 2 aliphatic heterocycles. The van der Waals surface area contributed by atoms with E-state index in [0.717, 1.165) is 55.4 Å². The van der Waals surface area contributed by atoms with Crippen molar-refractivity contribution < 1.29 is 9.53 Å². The molecule has 3 heterocycles. The van der Waals surface area contributed by atoms with E-state index in [1.807, 2.05) is 37.3 Å². The molecule has 2 saturated heterocycles. The van der Waals surface area contributed by atoms with Crippen LogP contribution in [0.5, 0.6) is 5.75 Å². The number of piperazine rings is 1.